The van der Waals surface area contributed by atoms with E-state index in [1.807, 2.05) is 67.6 Å². The molecule has 0 aliphatic rings. The molecular weight excluding hydrogens is 426 g/mol. The van der Waals surface area contributed by atoms with Gasteiger partial charge in [-0.3, -0.25) is 14.6 Å². The molecule has 1 aromatic heterocycles. The Balaban J connectivity index is 1.39. The van der Waals surface area contributed by atoms with E-state index in [0.29, 0.717) is 30.0 Å². The Morgan fingerprint density at radius 2 is 1.56 bits per heavy atom. The molecular formula is C28H25N3O3. The number of nitrogens with one attached hydrogen (secondary N) is 2. The highest BCUT2D eigenvalue weighted by Gasteiger charge is 2.16. The summed E-state index contributed by atoms with van der Waals surface area (Å²) in [4.78, 5) is 29.5. The number of amides is 2. The second-order valence-electron chi connectivity index (χ2n) is 7.65. The molecule has 34 heavy (non-hydrogen) atoms. The SMILES string of the molecule is Cc1cccc(C(=O)NCCOc2ccccc2-c2ccccc2)c1NC(=O)c1ccncc1. The number of carbonyl (C=O) groups is 2. The fraction of sp³-hybridized carbons (Fsp3) is 0.107. The molecule has 0 spiro atoms. The summed E-state index contributed by atoms with van der Waals surface area (Å²) >= 11 is 0. The van der Waals surface area contributed by atoms with Crippen LogP contribution < -0.4 is 15.4 Å². The molecule has 4 aromatic rings. The van der Waals surface area contributed by atoms with Gasteiger partial charge < -0.3 is 15.4 Å². The summed E-state index contributed by atoms with van der Waals surface area (Å²) in [5.74, 6) is 0.170. The quantitative estimate of drug-likeness (QED) is 0.365. The predicted octanol–water partition coefficient (Wildman–Crippen LogP) is 5.12. The highest BCUT2D eigenvalue weighted by Crippen LogP contribution is 2.29. The molecule has 0 radical (unpaired) electrons. The van der Waals surface area contributed by atoms with E-state index in [-0.39, 0.29) is 11.8 Å². The van der Waals surface area contributed by atoms with Crippen molar-refractivity contribution in [2.45, 2.75) is 6.92 Å². The van der Waals surface area contributed by atoms with Crippen LogP contribution in [-0.4, -0.2) is 29.9 Å². The first kappa shape index (κ1) is 22.7. The number of aryl methyl sites for hydroxylation is 1. The van der Waals surface area contributed by atoms with E-state index in [0.717, 1.165) is 22.4 Å². The molecule has 0 saturated carbocycles. The van der Waals surface area contributed by atoms with Gasteiger partial charge in [0.25, 0.3) is 11.8 Å². The number of hydrogen-bond acceptors (Lipinski definition) is 4. The zero-order valence-corrected chi connectivity index (χ0v) is 18.8. The van der Waals surface area contributed by atoms with Gasteiger partial charge in [0.2, 0.25) is 0 Å². The normalized spacial score (nSPS) is 10.4. The number of ether oxygens (including phenoxy) is 1. The second kappa shape index (κ2) is 10.9. The van der Waals surface area contributed by atoms with Crippen molar-refractivity contribution in [2.24, 2.45) is 0 Å². The molecule has 2 amide bonds. The molecule has 0 aliphatic carbocycles. The first-order chi connectivity index (χ1) is 16.6. The smallest absolute Gasteiger partial charge is 0.255 e. The Hall–Kier alpha value is -4.45. The highest BCUT2D eigenvalue weighted by molar-refractivity contribution is 6.09. The standard InChI is InChI=1S/C28H25N3O3/c1-20-8-7-12-24(26(20)31-27(32)22-14-16-29-17-15-22)28(33)30-18-19-34-25-13-6-5-11-23(25)21-9-3-2-4-10-21/h2-17H,18-19H2,1H3,(H,30,33)(H,31,32). The Morgan fingerprint density at radius 1 is 0.824 bits per heavy atom. The predicted molar refractivity (Wildman–Crippen MR) is 133 cm³/mol. The Morgan fingerprint density at radius 3 is 2.35 bits per heavy atom. The van der Waals surface area contributed by atoms with E-state index in [4.69, 9.17) is 4.74 Å². The van der Waals surface area contributed by atoms with Crippen LogP contribution in [0.25, 0.3) is 11.1 Å². The molecule has 2 N–H and O–H groups in total. The minimum Gasteiger partial charge on any atom is -0.491 e. The third-order valence-electron chi connectivity index (χ3n) is 5.32. The molecule has 6 heteroatoms. The van der Waals surface area contributed by atoms with Gasteiger partial charge >= 0.3 is 0 Å². The van der Waals surface area contributed by atoms with Crippen molar-refractivity contribution in [3.63, 3.8) is 0 Å². The van der Waals surface area contributed by atoms with Crippen molar-refractivity contribution in [3.05, 3.63) is 114 Å². The molecule has 0 aliphatic heterocycles. The summed E-state index contributed by atoms with van der Waals surface area (Å²) in [6.45, 7) is 2.47. The minimum atomic E-state index is -0.299. The van der Waals surface area contributed by atoms with E-state index in [9.17, 15) is 9.59 Å². The van der Waals surface area contributed by atoms with Crippen LogP contribution in [0.2, 0.25) is 0 Å². The molecule has 0 unspecified atom stereocenters. The molecule has 170 valence electrons. The van der Waals surface area contributed by atoms with E-state index in [2.05, 4.69) is 15.6 Å². The van der Waals surface area contributed by atoms with Gasteiger partial charge in [-0.2, -0.15) is 0 Å². The fourth-order valence-electron chi connectivity index (χ4n) is 3.58. The van der Waals surface area contributed by atoms with Gasteiger partial charge in [0.15, 0.2) is 0 Å². The number of nitrogens with zero attached hydrogens (tertiary/aromatic N) is 1. The van der Waals surface area contributed by atoms with Crippen LogP contribution in [0.1, 0.15) is 26.3 Å². The summed E-state index contributed by atoms with van der Waals surface area (Å²) < 4.78 is 5.96. The number of para-hydroxylation sites is 2. The van der Waals surface area contributed by atoms with Gasteiger partial charge in [-0.15, -0.1) is 0 Å². The average Bonchev–Trinajstić information content (AvgIpc) is 2.89. The van der Waals surface area contributed by atoms with Crippen LogP contribution in [-0.2, 0) is 0 Å². The summed E-state index contributed by atoms with van der Waals surface area (Å²) in [6.07, 6.45) is 3.10. The number of hydrogen-bond donors (Lipinski definition) is 2. The number of benzene rings is 3. The van der Waals surface area contributed by atoms with Crippen molar-refractivity contribution in [3.8, 4) is 16.9 Å². The van der Waals surface area contributed by atoms with Crippen LogP contribution in [0.5, 0.6) is 5.75 Å². The molecule has 3 aromatic carbocycles. The molecule has 6 nitrogen and oxygen atoms in total. The molecule has 1 heterocycles. The van der Waals surface area contributed by atoms with E-state index in [1.54, 1.807) is 36.7 Å². The van der Waals surface area contributed by atoms with Gasteiger partial charge in [0, 0.05) is 23.5 Å². The van der Waals surface area contributed by atoms with Gasteiger partial charge in [-0.25, -0.2) is 0 Å². The summed E-state index contributed by atoms with van der Waals surface area (Å²) in [5.41, 5.74) is 4.20. The lowest BCUT2D eigenvalue weighted by Gasteiger charge is -2.15. The van der Waals surface area contributed by atoms with Crippen molar-refractivity contribution in [1.82, 2.24) is 10.3 Å². The maximum absolute atomic E-state index is 12.9. The lowest BCUT2D eigenvalue weighted by atomic mass is 10.1. The summed E-state index contributed by atoms with van der Waals surface area (Å²) in [7, 11) is 0. The fourth-order valence-corrected chi connectivity index (χ4v) is 3.58. The lowest BCUT2D eigenvalue weighted by Crippen LogP contribution is -2.29. The maximum Gasteiger partial charge on any atom is 0.255 e. The highest BCUT2D eigenvalue weighted by atomic mass is 16.5. The molecule has 0 fully saturated rings. The van der Waals surface area contributed by atoms with Crippen LogP contribution in [0, 0.1) is 6.92 Å². The van der Waals surface area contributed by atoms with Gasteiger partial charge in [0.1, 0.15) is 12.4 Å². The van der Waals surface area contributed by atoms with Crippen molar-refractivity contribution >= 4 is 17.5 Å². The zero-order valence-electron chi connectivity index (χ0n) is 18.8. The van der Waals surface area contributed by atoms with Crippen molar-refractivity contribution < 1.29 is 14.3 Å². The van der Waals surface area contributed by atoms with E-state index in [1.165, 1.54) is 0 Å². The third kappa shape index (κ3) is 5.48. The van der Waals surface area contributed by atoms with Crippen LogP contribution in [0.3, 0.4) is 0 Å². The lowest BCUT2D eigenvalue weighted by molar-refractivity contribution is 0.0948. The average molecular weight is 452 g/mol. The van der Waals surface area contributed by atoms with Crippen LogP contribution >= 0.6 is 0 Å². The van der Waals surface area contributed by atoms with E-state index >= 15 is 0 Å². The van der Waals surface area contributed by atoms with Gasteiger partial charge in [-0.1, -0.05) is 60.7 Å². The van der Waals surface area contributed by atoms with Crippen LogP contribution in [0.4, 0.5) is 5.69 Å². The number of anilines is 1. The number of aromatic nitrogens is 1. The Kier molecular flexibility index (Phi) is 7.30. The van der Waals surface area contributed by atoms with E-state index < -0.39 is 0 Å². The van der Waals surface area contributed by atoms with Gasteiger partial charge in [0.05, 0.1) is 17.8 Å². The largest absolute Gasteiger partial charge is 0.491 e. The Labute approximate surface area is 198 Å². The monoisotopic (exact) mass is 451 g/mol. The second-order valence-corrected chi connectivity index (χ2v) is 7.65. The first-order valence-electron chi connectivity index (χ1n) is 11.0. The molecule has 0 saturated heterocycles. The molecule has 0 bridgehead atoms. The van der Waals surface area contributed by atoms with Crippen LogP contribution in [0.15, 0.2) is 97.3 Å². The zero-order chi connectivity index (χ0) is 23.8. The molecule has 4 rings (SSSR count). The first-order valence-corrected chi connectivity index (χ1v) is 11.0. The number of carbonyl (C=O) groups excluding carboxylic acids is 2. The van der Waals surface area contributed by atoms with Crippen molar-refractivity contribution in [2.75, 3.05) is 18.5 Å². The third-order valence-corrected chi connectivity index (χ3v) is 5.32. The number of pyridine rings is 1. The number of rotatable bonds is 8. The minimum absolute atomic E-state index is 0.284. The summed E-state index contributed by atoms with van der Waals surface area (Å²) in [6, 6.07) is 26.4. The Bertz CT molecular complexity index is 1270. The topological polar surface area (TPSA) is 80.3 Å². The van der Waals surface area contributed by atoms with Crippen molar-refractivity contribution in [1.29, 1.82) is 0 Å². The summed E-state index contributed by atoms with van der Waals surface area (Å²) in [5, 5.41) is 5.74. The van der Waals surface area contributed by atoms with Gasteiger partial charge in [-0.05, 0) is 42.3 Å². The molecule has 0 atom stereocenters. The maximum atomic E-state index is 12.9.